The molecule has 2 aromatic rings. The van der Waals surface area contributed by atoms with E-state index in [1.165, 1.54) is 12.1 Å². The van der Waals surface area contributed by atoms with Crippen molar-refractivity contribution in [2.24, 2.45) is 23.7 Å². The van der Waals surface area contributed by atoms with Gasteiger partial charge in [-0.1, -0.05) is 44.0 Å². The van der Waals surface area contributed by atoms with Crippen LogP contribution < -0.4 is 5.32 Å². The van der Waals surface area contributed by atoms with Crippen molar-refractivity contribution in [1.29, 1.82) is 0 Å². The SMILES string of the molecule is O=C(COC(=O)c1ccc(NC(=O)[C@@H]2[C@H]3C[C@H]4[C@H](OC(=O)[C@@H]42)[C@@H]3Br)cc1)c1ccc(Br)cc1. The third-order valence-electron chi connectivity index (χ3n) is 6.71. The summed E-state index contributed by atoms with van der Waals surface area (Å²) in [6.45, 7) is -0.366. The Morgan fingerprint density at radius 3 is 2.36 bits per heavy atom. The second-order valence-corrected chi connectivity index (χ2v) is 10.5. The largest absolute Gasteiger partial charge is 0.461 e. The molecule has 1 heterocycles. The summed E-state index contributed by atoms with van der Waals surface area (Å²) in [6.07, 6.45) is 0.677. The molecule has 1 amide bonds. The average Bonchev–Trinajstić information content (AvgIpc) is 3.42. The van der Waals surface area contributed by atoms with Gasteiger partial charge in [0.05, 0.1) is 22.2 Å². The Morgan fingerprint density at radius 1 is 1.00 bits per heavy atom. The molecule has 170 valence electrons. The van der Waals surface area contributed by atoms with Gasteiger partial charge >= 0.3 is 11.9 Å². The Kier molecular flexibility index (Phi) is 5.86. The van der Waals surface area contributed by atoms with E-state index in [4.69, 9.17) is 9.47 Å². The van der Waals surface area contributed by atoms with Gasteiger partial charge in [-0.05, 0) is 48.7 Å². The Hall–Kier alpha value is -2.52. The molecule has 6 atom stereocenters. The van der Waals surface area contributed by atoms with Gasteiger partial charge in [0.25, 0.3) is 0 Å². The number of carbonyl (C=O) groups is 4. The van der Waals surface area contributed by atoms with Crippen molar-refractivity contribution >= 4 is 61.2 Å². The molecule has 0 radical (unpaired) electrons. The zero-order chi connectivity index (χ0) is 23.3. The number of amides is 1. The van der Waals surface area contributed by atoms with Crippen LogP contribution in [-0.4, -0.2) is 41.2 Å². The summed E-state index contributed by atoms with van der Waals surface area (Å²) in [5.74, 6) is -2.09. The quantitative estimate of drug-likeness (QED) is 0.317. The first-order valence-corrected chi connectivity index (χ1v) is 12.3. The number of halogens is 2. The molecule has 9 heteroatoms. The van der Waals surface area contributed by atoms with Crippen LogP contribution in [0.4, 0.5) is 5.69 Å². The topological polar surface area (TPSA) is 98.8 Å². The second-order valence-electron chi connectivity index (χ2n) is 8.53. The molecule has 33 heavy (non-hydrogen) atoms. The number of fused-ring (bicyclic) bond motifs is 1. The van der Waals surface area contributed by atoms with E-state index in [-0.39, 0.29) is 58.5 Å². The molecular weight excluding hydrogens is 558 g/mol. The fourth-order valence-electron chi connectivity index (χ4n) is 5.18. The number of ether oxygens (including phenoxy) is 2. The van der Waals surface area contributed by atoms with Gasteiger partial charge < -0.3 is 14.8 Å². The van der Waals surface area contributed by atoms with Crippen molar-refractivity contribution in [1.82, 2.24) is 0 Å². The number of ketones is 1. The van der Waals surface area contributed by atoms with Crippen molar-refractivity contribution in [3.63, 3.8) is 0 Å². The number of Topliss-reactive ketones (excluding diaryl/α,β-unsaturated/α-hetero) is 1. The predicted octanol–water partition coefficient (Wildman–Crippen LogP) is 4.00. The van der Waals surface area contributed by atoms with Gasteiger partial charge in [-0.15, -0.1) is 0 Å². The third-order valence-corrected chi connectivity index (χ3v) is 8.44. The van der Waals surface area contributed by atoms with E-state index in [1.807, 2.05) is 0 Å². The van der Waals surface area contributed by atoms with Crippen LogP contribution in [0.1, 0.15) is 27.1 Å². The lowest BCUT2D eigenvalue weighted by atomic mass is 9.79. The van der Waals surface area contributed by atoms with Gasteiger partial charge in [0.2, 0.25) is 5.91 Å². The van der Waals surface area contributed by atoms with Crippen LogP contribution >= 0.6 is 31.9 Å². The Balaban J connectivity index is 1.18. The molecule has 2 saturated carbocycles. The van der Waals surface area contributed by atoms with E-state index in [0.717, 1.165) is 10.9 Å². The van der Waals surface area contributed by atoms with Crippen LogP contribution in [-0.2, 0) is 19.1 Å². The fourth-order valence-corrected chi connectivity index (χ4v) is 6.49. The number of esters is 2. The number of rotatable bonds is 6. The zero-order valence-corrected chi connectivity index (χ0v) is 20.4. The van der Waals surface area contributed by atoms with Crippen molar-refractivity contribution in [3.05, 3.63) is 64.1 Å². The molecule has 0 unspecified atom stereocenters. The zero-order valence-electron chi connectivity index (χ0n) is 17.2. The maximum atomic E-state index is 13.0. The van der Waals surface area contributed by atoms with Gasteiger partial charge in [-0.2, -0.15) is 0 Å². The summed E-state index contributed by atoms with van der Waals surface area (Å²) >= 11 is 6.91. The standard InChI is InChI=1S/C24H19Br2NO6/c25-13-5-1-11(2-6-13)17(28)10-32-23(30)12-3-7-14(8-4-12)27-22(29)18-15-9-16-19(18)24(31)33-21(16)20(15)26/h1-8,15-16,18-21H,9-10H2,(H,27,29)/t15-,16-,18-,19+,20-,21+/m1/s1. The number of carbonyl (C=O) groups excluding carboxylic acids is 4. The van der Waals surface area contributed by atoms with E-state index < -0.39 is 11.9 Å². The second kappa shape index (κ2) is 8.68. The number of hydrogen-bond acceptors (Lipinski definition) is 6. The molecule has 0 spiro atoms. The molecular formula is C24H19Br2NO6. The molecule has 2 aromatic carbocycles. The van der Waals surface area contributed by atoms with Gasteiger partial charge in [0.15, 0.2) is 12.4 Å². The number of nitrogens with one attached hydrogen (secondary N) is 1. The summed E-state index contributed by atoms with van der Waals surface area (Å²) in [4.78, 5) is 49.7. The Bertz CT molecular complexity index is 1130. The van der Waals surface area contributed by atoms with Gasteiger partial charge in [0, 0.05) is 21.6 Å². The first kappa shape index (κ1) is 22.3. The molecule has 0 aromatic heterocycles. The highest BCUT2D eigenvalue weighted by Gasteiger charge is 2.67. The predicted molar refractivity (Wildman–Crippen MR) is 125 cm³/mol. The molecule has 3 fully saturated rings. The average molecular weight is 577 g/mol. The first-order chi connectivity index (χ1) is 15.8. The summed E-state index contributed by atoms with van der Waals surface area (Å²) in [6, 6.07) is 13.0. The van der Waals surface area contributed by atoms with E-state index in [1.54, 1.807) is 36.4 Å². The van der Waals surface area contributed by atoms with Gasteiger partial charge in [-0.25, -0.2) is 4.79 Å². The van der Waals surface area contributed by atoms with Crippen molar-refractivity contribution in [2.75, 3.05) is 11.9 Å². The summed E-state index contributed by atoms with van der Waals surface area (Å²) in [5.41, 5.74) is 1.23. The molecule has 3 aliphatic rings. The fraction of sp³-hybridized carbons (Fsp3) is 0.333. The molecule has 5 rings (SSSR count). The van der Waals surface area contributed by atoms with Crippen LogP contribution in [0.25, 0.3) is 0 Å². The summed E-state index contributed by atoms with van der Waals surface area (Å²) in [7, 11) is 0. The highest BCUT2D eigenvalue weighted by atomic mass is 79.9. The molecule has 7 nitrogen and oxygen atoms in total. The monoisotopic (exact) mass is 575 g/mol. The summed E-state index contributed by atoms with van der Waals surface area (Å²) in [5, 5.41) is 2.86. The molecule has 1 N–H and O–H groups in total. The molecule has 1 saturated heterocycles. The third kappa shape index (κ3) is 4.01. The van der Waals surface area contributed by atoms with Crippen molar-refractivity contribution in [3.8, 4) is 0 Å². The van der Waals surface area contributed by atoms with Crippen molar-refractivity contribution < 1.29 is 28.7 Å². The maximum Gasteiger partial charge on any atom is 0.338 e. The van der Waals surface area contributed by atoms with E-state index in [0.29, 0.717) is 11.3 Å². The lowest BCUT2D eigenvalue weighted by Gasteiger charge is -2.27. The summed E-state index contributed by atoms with van der Waals surface area (Å²) < 4.78 is 11.4. The minimum atomic E-state index is -0.631. The van der Waals surface area contributed by atoms with E-state index >= 15 is 0 Å². The first-order valence-electron chi connectivity index (χ1n) is 10.5. The van der Waals surface area contributed by atoms with Crippen LogP contribution in [0.15, 0.2) is 53.0 Å². The van der Waals surface area contributed by atoms with E-state index in [9.17, 15) is 19.2 Å². The lowest BCUT2D eigenvalue weighted by molar-refractivity contribution is -0.145. The van der Waals surface area contributed by atoms with Crippen molar-refractivity contribution in [2.45, 2.75) is 17.4 Å². The van der Waals surface area contributed by atoms with Crippen LogP contribution in [0.3, 0.4) is 0 Å². The molecule has 2 bridgehead atoms. The van der Waals surface area contributed by atoms with E-state index in [2.05, 4.69) is 37.2 Å². The Morgan fingerprint density at radius 2 is 1.67 bits per heavy atom. The highest BCUT2D eigenvalue weighted by molar-refractivity contribution is 9.10. The van der Waals surface area contributed by atoms with Gasteiger partial charge in [-0.3, -0.25) is 14.4 Å². The highest BCUT2D eigenvalue weighted by Crippen LogP contribution is 2.60. The van der Waals surface area contributed by atoms with Crippen LogP contribution in [0, 0.1) is 23.7 Å². The minimum absolute atomic E-state index is 0.00165. The minimum Gasteiger partial charge on any atom is -0.461 e. The maximum absolute atomic E-state index is 13.0. The number of benzene rings is 2. The molecule has 1 aliphatic heterocycles. The number of hydrogen-bond donors (Lipinski definition) is 1. The lowest BCUT2D eigenvalue weighted by Crippen LogP contribution is -2.40. The molecule has 2 aliphatic carbocycles. The van der Waals surface area contributed by atoms with Gasteiger partial charge in [0.1, 0.15) is 6.10 Å². The normalized spacial score (nSPS) is 29.0. The van der Waals surface area contributed by atoms with Crippen LogP contribution in [0.5, 0.6) is 0 Å². The van der Waals surface area contributed by atoms with Crippen LogP contribution in [0.2, 0.25) is 0 Å². The Labute approximate surface area is 206 Å². The smallest absolute Gasteiger partial charge is 0.338 e. The number of alkyl halides is 1. The number of anilines is 1.